The second-order valence-corrected chi connectivity index (χ2v) is 6.94. The van der Waals surface area contributed by atoms with Gasteiger partial charge in [-0.05, 0) is 37.1 Å². The fourth-order valence-corrected chi connectivity index (χ4v) is 2.91. The standard InChI is InChI=1S/C20H20BrN3O3/c1-3-16(26-17-10-5-4-7-13(17)2)20(25)22-12-18-23-19(24-27-18)14-8-6-9-15(21)11-14/h4-11,16H,3,12H2,1-2H3,(H,22,25)/t16-/m1/s1. The zero-order valence-corrected chi connectivity index (χ0v) is 16.7. The van der Waals surface area contributed by atoms with Gasteiger partial charge in [0.1, 0.15) is 5.75 Å². The number of nitrogens with one attached hydrogen (secondary N) is 1. The van der Waals surface area contributed by atoms with Gasteiger partial charge in [-0.2, -0.15) is 4.98 Å². The van der Waals surface area contributed by atoms with E-state index in [1.165, 1.54) is 0 Å². The molecule has 0 fully saturated rings. The Morgan fingerprint density at radius 3 is 2.81 bits per heavy atom. The summed E-state index contributed by atoms with van der Waals surface area (Å²) in [6.45, 7) is 4.00. The quantitative estimate of drug-likeness (QED) is 0.606. The lowest BCUT2D eigenvalue weighted by Crippen LogP contribution is -2.37. The van der Waals surface area contributed by atoms with E-state index in [-0.39, 0.29) is 12.5 Å². The SMILES string of the molecule is CC[C@@H](Oc1ccccc1C)C(=O)NCc1nc(-c2cccc(Br)c2)no1. The second kappa shape index (κ2) is 8.81. The summed E-state index contributed by atoms with van der Waals surface area (Å²) in [6, 6.07) is 15.2. The summed E-state index contributed by atoms with van der Waals surface area (Å²) < 4.78 is 12.0. The Balaban J connectivity index is 1.60. The van der Waals surface area contributed by atoms with E-state index in [9.17, 15) is 4.79 Å². The van der Waals surface area contributed by atoms with Gasteiger partial charge >= 0.3 is 0 Å². The van der Waals surface area contributed by atoms with Crippen molar-refractivity contribution >= 4 is 21.8 Å². The van der Waals surface area contributed by atoms with Crippen LogP contribution in [0.25, 0.3) is 11.4 Å². The third kappa shape index (κ3) is 4.95. The molecule has 0 aliphatic rings. The minimum absolute atomic E-state index is 0.146. The number of ether oxygens (including phenoxy) is 1. The molecule has 1 aromatic heterocycles. The van der Waals surface area contributed by atoms with Crippen LogP contribution in [-0.4, -0.2) is 22.2 Å². The van der Waals surface area contributed by atoms with Crippen LogP contribution in [0.15, 0.2) is 57.5 Å². The molecule has 1 N–H and O–H groups in total. The molecule has 3 aromatic rings. The van der Waals surface area contributed by atoms with Crippen LogP contribution in [0.1, 0.15) is 24.8 Å². The molecule has 0 bridgehead atoms. The number of nitrogens with zero attached hydrogens (tertiary/aromatic N) is 2. The average molecular weight is 430 g/mol. The van der Waals surface area contributed by atoms with Crippen molar-refractivity contribution < 1.29 is 14.1 Å². The van der Waals surface area contributed by atoms with E-state index in [1.807, 2.05) is 62.4 Å². The van der Waals surface area contributed by atoms with E-state index in [2.05, 4.69) is 31.4 Å². The number of hydrogen-bond acceptors (Lipinski definition) is 5. The number of hydrogen-bond donors (Lipinski definition) is 1. The molecule has 1 heterocycles. The zero-order valence-electron chi connectivity index (χ0n) is 15.1. The monoisotopic (exact) mass is 429 g/mol. The number of amides is 1. The first-order valence-electron chi connectivity index (χ1n) is 8.65. The number of rotatable bonds is 7. The lowest BCUT2D eigenvalue weighted by Gasteiger charge is -2.18. The van der Waals surface area contributed by atoms with Gasteiger partial charge in [0.25, 0.3) is 5.91 Å². The summed E-state index contributed by atoms with van der Waals surface area (Å²) in [5.74, 6) is 1.30. The molecule has 0 unspecified atom stereocenters. The molecule has 140 valence electrons. The summed E-state index contributed by atoms with van der Waals surface area (Å²) in [5, 5.41) is 6.76. The van der Waals surface area contributed by atoms with E-state index < -0.39 is 6.10 Å². The lowest BCUT2D eigenvalue weighted by atomic mass is 10.2. The molecule has 2 aromatic carbocycles. The number of para-hydroxylation sites is 1. The van der Waals surface area contributed by atoms with E-state index in [0.29, 0.717) is 23.9 Å². The first kappa shape index (κ1) is 19.1. The first-order chi connectivity index (χ1) is 13.1. The Morgan fingerprint density at radius 2 is 2.07 bits per heavy atom. The highest BCUT2D eigenvalue weighted by atomic mass is 79.9. The maximum atomic E-state index is 12.5. The van der Waals surface area contributed by atoms with Crippen molar-refractivity contribution in [2.45, 2.75) is 32.9 Å². The van der Waals surface area contributed by atoms with E-state index >= 15 is 0 Å². The van der Waals surface area contributed by atoms with E-state index in [0.717, 1.165) is 15.6 Å². The van der Waals surface area contributed by atoms with Crippen molar-refractivity contribution in [2.75, 3.05) is 0 Å². The van der Waals surface area contributed by atoms with Crippen LogP contribution >= 0.6 is 15.9 Å². The predicted octanol–water partition coefficient (Wildman–Crippen LogP) is 4.28. The van der Waals surface area contributed by atoms with Crippen LogP contribution in [0.2, 0.25) is 0 Å². The van der Waals surface area contributed by atoms with Crippen molar-refractivity contribution in [3.8, 4) is 17.1 Å². The predicted molar refractivity (Wildman–Crippen MR) is 105 cm³/mol. The van der Waals surface area contributed by atoms with E-state index in [1.54, 1.807) is 0 Å². The molecule has 1 atom stereocenters. The average Bonchev–Trinajstić information content (AvgIpc) is 3.14. The number of aryl methyl sites for hydroxylation is 1. The second-order valence-electron chi connectivity index (χ2n) is 6.02. The minimum Gasteiger partial charge on any atom is -0.480 e. The lowest BCUT2D eigenvalue weighted by molar-refractivity contribution is -0.128. The Labute approximate surface area is 166 Å². The molecular weight excluding hydrogens is 410 g/mol. The third-order valence-electron chi connectivity index (χ3n) is 3.99. The normalized spacial score (nSPS) is 11.8. The minimum atomic E-state index is -0.585. The van der Waals surface area contributed by atoms with Gasteiger partial charge in [0.05, 0.1) is 6.54 Å². The highest BCUT2D eigenvalue weighted by Crippen LogP contribution is 2.21. The van der Waals surface area contributed by atoms with Crippen molar-refractivity contribution in [3.05, 3.63) is 64.5 Å². The molecule has 0 aliphatic carbocycles. The fourth-order valence-electron chi connectivity index (χ4n) is 2.51. The van der Waals surface area contributed by atoms with Crippen LogP contribution in [0.4, 0.5) is 0 Å². The first-order valence-corrected chi connectivity index (χ1v) is 9.44. The molecule has 0 spiro atoms. The van der Waals surface area contributed by atoms with Crippen molar-refractivity contribution in [1.29, 1.82) is 0 Å². The Hall–Kier alpha value is -2.67. The molecule has 7 heteroatoms. The maximum Gasteiger partial charge on any atom is 0.261 e. The van der Waals surface area contributed by atoms with Crippen molar-refractivity contribution in [2.24, 2.45) is 0 Å². The smallest absolute Gasteiger partial charge is 0.261 e. The van der Waals surface area contributed by atoms with Gasteiger partial charge in [-0.25, -0.2) is 0 Å². The van der Waals surface area contributed by atoms with Crippen LogP contribution in [0.3, 0.4) is 0 Å². The summed E-state index contributed by atoms with van der Waals surface area (Å²) in [5.41, 5.74) is 1.82. The fraction of sp³-hybridized carbons (Fsp3) is 0.250. The van der Waals surface area contributed by atoms with E-state index in [4.69, 9.17) is 9.26 Å². The molecule has 3 rings (SSSR count). The molecule has 0 aliphatic heterocycles. The van der Waals surface area contributed by atoms with Gasteiger partial charge in [-0.1, -0.05) is 58.3 Å². The molecule has 6 nitrogen and oxygen atoms in total. The Kier molecular flexibility index (Phi) is 6.24. The number of halogens is 1. The third-order valence-corrected chi connectivity index (χ3v) is 4.48. The molecule has 0 saturated carbocycles. The Bertz CT molecular complexity index is 926. The summed E-state index contributed by atoms with van der Waals surface area (Å²) in [7, 11) is 0. The molecule has 1 amide bonds. The zero-order chi connectivity index (χ0) is 19.2. The molecular formula is C20H20BrN3O3. The molecule has 0 saturated heterocycles. The van der Waals surface area contributed by atoms with Gasteiger partial charge in [0, 0.05) is 10.0 Å². The van der Waals surface area contributed by atoms with Gasteiger partial charge in [-0.3, -0.25) is 4.79 Å². The van der Waals surface area contributed by atoms with Gasteiger partial charge in [0.2, 0.25) is 11.7 Å². The van der Waals surface area contributed by atoms with Gasteiger partial charge in [-0.15, -0.1) is 0 Å². The molecule has 27 heavy (non-hydrogen) atoms. The number of aromatic nitrogens is 2. The van der Waals surface area contributed by atoms with Crippen LogP contribution < -0.4 is 10.1 Å². The van der Waals surface area contributed by atoms with Crippen molar-refractivity contribution in [1.82, 2.24) is 15.5 Å². The summed E-state index contributed by atoms with van der Waals surface area (Å²) in [6.07, 6.45) is -0.0358. The highest BCUT2D eigenvalue weighted by Gasteiger charge is 2.20. The number of carbonyl (C=O) groups is 1. The molecule has 0 radical (unpaired) electrons. The number of carbonyl (C=O) groups excluding carboxylic acids is 1. The van der Waals surface area contributed by atoms with Gasteiger partial charge in [0.15, 0.2) is 6.10 Å². The Morgan fingerprint density at radius 1 is 1.26 bits per heavy atom. The maximum absolute atomic E-state index is 12.5. The topological polar surface area (TPSA) is 77.2 Å². The van der Waals surface area contributed by atoms with Crippen LogP contribution in [-0.2, 0) is 11.3 Å². The highest BCUT2D eigenvalue weighted by molar-refractivity contribution is 9.10. The van der Waals surface area contributed by atoms with Crippen LogP contribution in [0.5, 0.6) is 5.75 Å². The van der Waals surface area contributed by atoms with Gasteiger partial charge < -0.3 is 14.6 Å². The van der Waals surface area contributed by atoms with Crippen LogP contribution in [0, 0.1) is 6.92 Å². The summed E-state index contributed by atoms with van der Waals surface area (Å²) in [4.78, 5) is 16.8. The largest absolute Gasteiger partial charge is 0.480 e. The van der Waals surface area contributed by atoms with Crippen molar-refractivity contribution in [3.63, 3.8) is 0 Å². The summed E-state index contributed by atoms with van der Waals surface area (Å²) >= 11 is 3.41. The number of benzene rings is 2.